The summed E-state index contributed by atoms with van der Waals surface area (Å²) in [7, 11) is 5.10. The third-order valence-corrected chi connectivity index (χ3v) is 29.9. The van der Waals surface area contributed by atoms with Crippen LogP contribution < -0.4 is 59.6 Å². The van der Waals surface area contributed by atoms with Crippen LogP contribution in [0.15, 0.2) is 214 Å². The molecule has 9 heterocycles. The topological polar surface area (TPSA) is 216 Å². The molecule has 0 aromatic heterocycles. The molecule has 149 heavy (non-hydrogen) atoms. The Kier molecular flexibility index (Phi) is 51.5. The number of carbonyl (C=O) groups excluding carboxylic acids is 2. The van der Waals surface area contributed by atoms with Crippen LogP contribution >= 0.6 is 0 Å². The number of amides is 2. The first kappa shape index (κ1) is 124. The quantitative estimate of drug-likeness (QED) is 0.0415. The molecule has 9 aliphatic heterocycles. The van der Waals surface area contributed by atoms with Crippen molar-refractivity contribution in [2.75, 3.05) is 175 Å². The summed E-state index contributed by atoms with van der Waals surface area (Å²) in [5.74, 6) is 6.07. The number of aryl methyl sites for hydroxylation is 1. The standard InChI is InChI=1S/C21H28N2O.C18H28N2O3.C16H24N2O.C13H20N2O.2C12H18N2O.C12H23NO2.2C10H19N/c1-17-16-23(20-11-6-12-21(24)14-20)18(2)15-22(17)13-7-10-19-8-4-3-5-9-19;1-13-12-20(17(21)23-18(3,4)5)14(2)11-19(13)15-8-7-9-16(10-15)22-6;1-5-9-17-11-14(3)18(12-13(17)2)15-7-6-8-16(10-15)19-4;1-10-9-15(11(2)8-14-10)12-5-4-6-13(7-12)16-3;2*1-9-8-14(10(2)7-13-9)11-4-3-5-12(15)6-11;1-9-6-7-10(2)13(8-9)11(14)15-12(3,4)5;2*1-4-7-11-8-9(2)5-6-10(11)3/h3-6,8-9,11-12,14,17-18,24H,7,10,13,15-16H2,1-2H3;7-10,13-14H,11-12H2,1-6H3;5-8,10,13-14H,1,9,11-12H2,2-4H3;4-7,10-11,14H,8-9H2,1-3H3;2*3-6,9-10,13,15H,7-8H2,1-2H3;9-10H,6-8H2,1-5H3;2*4,9-10H,1,5-8H2,2-3H3/t17-,18+;2*13-,14+;10-,11+;2*9-,10+;3*9-,10-/m000010100/s1. The summed E-state index contributed by atoms with van der Waals surface area (Å²) in [6.07, 6.45) is 15.8. The summed E-state index contributed by atoms with van der Waals surface area (Å²) in [5, 5.41) is 39.0. The number of piperazine rings is 6. The molecule has 9 aliphatic rings. The summed E-state index contributed by atoms with van der Waals surface area (Å²) < 4.78 is 26.8. The SMILES string of the molecule is C=CCN1C[C@@H](C)CC[C@@H]1C.C=CCN1C[C@@H](C)CC[C@@H]1C.C=CCN1C[C@@H](C)N(c2cccc(OC)c2)C[C@@H]1C.COc1cccc(N2C[C@@H](C)N(C(=O)OC(C)(C)C)C[C@@H]2C)c1.COc1cccc(N2C[C@H](C)NC[C@H]2C)c1.C[C@@H]1CC[C@@H](C)N(C(=O)OC(C)(C)C)C1.C[C@@H]1CN(CCCc2ccccc2)[C@@H](C)CN1c1cccc(O)c1.C[C@@H]1CN(c2cccc(O)c2)[C@@H](C)CN1.C[C@@H]1CN[C@@H](C)CN1c1cccc(O)c1. The van der Waals surface area contributed by atoms with E-state index in [0.29, 0.717) is 96.2 Å². The first-order valence-electron chi connectivity index (χ1n) is 55.7. The monoisotopic (exact) mass is 2060 g/mol. The molecule has 7 aromatic rings. The molecule has 0 spiro atoms. The zero-order valence-corrected chi connectivity index (χ0v) is 96.6. The summed E-state index contributed by atoms with van der Waals surface area (Å²) in [6.45, 7) is 82.2. The van der Waals surface area contributed by atoms with Gasteiger partial charge in [-0.15, -0.1) is 19.7 Å². The highest BCUT2D eigenvalue weighted by Crippen LogP contribution is 2.35. The number of benzene rings is 7. The second kappa shape index (κ2) is 62.0. The second-order valence-corrected chi connectivity index (χ2v) is 45.8. The van der Waals surface area contributed by atoms with Gasteiger partial charge in [0.15, 0.2) is 0 Å². The Morgan fingerprint density at radius 2 is 0.611 bits per heavy atom. The molecule has 18 atom stereocenters. The smallest absolute Gasteiger partial charge is 0.410 e. The van der Waals surface area contributed by atoms with E-state index in [1.807, 2.05) is 154 Å². The Hall–Kier alpha value is -10.4. The fraction of sp³-hybridized carbons (Fsp3) is 0.597. The summed E-state index contributed by atoms with van der Waals surface area (Å²) in [4.78, 5) is 52.3. The number of anilines is 6. The number of methoxy groups -OCH3 is 3. The van der Waals surface area contributed by atoms with Gasteiger partial charge in [-0.05, 0) is 299 Å². The predicted octanol–water partition coefficient (Wildman–Crippen LogP) is 22.9. The van der Waals surface area contributed by atoms with E-state index in [1.54, 1.807) is 39.5 Å². The molecule has 0 unspecified atom stereocenters. The Morgan fingerprint density at radius 1 is 0.315 bits per heavy atom. The van der Waals surface area contributed by atoms with Gasteiger partial charge in [-0.25, -0.2) is 9.59 Å². The number of hydrogen-bond acceptors (Lipinski definition) is 23. The van der Waals surface area contributed by atoms with Crippen molar-refractivity contribution in [1.82, 2.24) is 45.3 Å². The van der Waals surface area contributed by atoms with Crippen molar-refractivity contribution in [3.8, 4) is 34.5 Å². The maximum absolute atomic E-state index is 12.4. The van der Waals surface area contributed by atoms with Crippen LogP contribution in [0.1, 0.15) is 217 Å². The maximum Gasteiger partial charge on any atom is 0.410 e. The normalized spacial score (nSPS) is 25.9. The Bertz CT molecular complexity index is 4940. The van der Waals surface area contributed by atoms with Crippen LogP contribution in [0.25, 0.3) is 0 Å². The van der Waals surface area contributed by atoms with Crippen molar-refractivity contribution in [3.63, 3.8) is 0 Å². The fourth-order valence-corrected chi connectivity index (χ4v) is 21.0. The van der Waals surface area contributed by atoms with Gasteiger partial charge >= 0.3 is 12.2 Å². The van der Waals surface area contributed by atoms with Crippen molar-refractivity contribution >= 4 is 46.3 Å². The third-order valence-electron chi connectivity index (χ3n) is 29.9. The number of nitrogens with one attached hydrogen (secondary N) is 3. The highest BCUT2D eigenvalue weighted by molar-refractivity contribution is 5.70. The molecular formula is C124H197N15O10. The average Bonchev–Trinajstić information content (AvgIpc) is 0.800. The predicted molar refractivity (Wildman–Crippen MR) is 626 cm³/mol. The maximum atomic E-state index is 12.4. The van der Waals surface area contributed by atoms with Crippen LogP contribution in [-0.2, 0) is 15.9 Å². The van der Waals surface area contributed by atoms with E-state index in [2.05, 4.69) is 282 Å². The van der Waals surface area contributed by atoms with Crippen molar-refractivity contribution in [3.05, 3.63) is 219 Å². The molecule has 9 saturated heterocycles. The van der Waals surface area contributed by atoms with Gasteiger partial charge in [0.25, 0.3) is 0 Å². The molecule has 9 fully saturated rings. The largest absolute Gasteiger partial charge is 0.508 e. The summed E-state index contributed by atoms with van der Waals surface area (Å²) in [5.41, 5.74) is 7.52. The number of nitrogens with zero attached hydrogens (tertiary/aromatic N) is 12. The first-order chi connectivity index (χ1) is 70.8. The van der Waals surface area contributed by atoms with E-state index in [4.69, 9.17) is 23.7 Å². The van der Waals surface area contributed by atoms with E-state index >= 15 is 0 Å². The minimum atomic E-state index is -0.468. The van der Waals surface area contributed by atoms with Crippen molar-refractivity contribution in [2.24, 2.45) is 17.8 Å². The lowest BCUT2D eigenvalue weighted by atomic mass is 9.95. The minimum absolute atomic E-state index is 0.0900. The number of phenolic OH excluding ortho intramolecular Hbond substituents is 3. The third kappa shape index (κ3) is 41.6. The molecule has 0 aliphatic carbocycles. The molecule has 0 saturated carbocycles. The Labute approximate surface area is 901 Å². The van der Waals surface area contributed by atoms with E-state index in [0.717, 1.165) is 181 Å². The lowest BCUT2D eigenvalue weighted by molar-refractivity contribution is 0.00637. The van der Waals surface area contributed by atoms with Gasteiger partial charge < -0.3 is 94.2 Å². The van der Waals surface area contributed by atoms with Gasteiger partial charge in [-0.2, -0.15) is 0 Å². The number of ether oxygens (including phenoxy) is 5. The lowest BCUT2D eigenvalue weighted by Gasteiger charge is -2.45. The minimum Gasteiger partial charge on any atom is -0.508 e. The number of phenols is 3. The van der Waals surface area contributed by atoms with E-state index < -0.39 is 11.2 Å². The number of piperidine rings is 3. The lowest BCUT2D eigenvalue weighted by Crippen LogP contribution is -2.59. The number of likely N-dealkylation sites (tertiary alicyclic amines) is 3. The van der Waals surface area contributed by atoms with Gasteiger partial charge in [0.2, 0.25) is 0 Å². The van der Waals surface area contributed by atoms with Crippen LogP contribution in [0.2, 0.25) is 0 Å². The zero-order chi connectivity index (χ0) is 109. The van der Waals surface area contributed by atoms with Gasteiger partial charge in [0.05, 0.1) is 21.3 Å². The number of rotatable bonds is 19. The first-order valence-corrected chi connectivity index (χ1v) is 55.7. The van der Waals surface area contributed by atoms with Crippen molar-refractivity contribution in [1.29, 1.82) is 0 Å². The summed E-state index contributed by atoms with van der Waals surface area (Å²) >= 11 is 0. The molecule has 2 amide bonds. The van der Waals surface area contributed by atoms with Crippen LogP contribution in [0, 0.1) is 17.8 Å². The van der Waals surface area contributed by atoms with Gasteiger partial charge in [-0.1, -0.05) is 106 Å². The highest BCUT2D eigenvalue weighted by Gasteiger charge is 2.38. The van der Waals surface area contributed by atoms with Crippen molar-refractivity contribution in [2.45, 2.75) is 319 Å². The number of hydrogen-bond donors (Lipinski definition) is 6. The molecule has 828 valence electrons. The van der Waals surface area contributed by atoms with Crippen LogP contribution in [0.3, 0.4) is 0 Å². The van der Waals surface area contributed by atoms with E-state index in [1.165, 1.54) is 68.6 Å². The van der Waals surface area contributed by atoms with Gasteiger partial charge in [0, 0.05) is 279 Å². The Balaban J connectivity index is 0.000000206. The molecule has 25 heteroatoms. The second-order valence-electron chi connectivity index (χ2n) is 45.8. The Morgan fingerprint density at radius 3 is 0.953 bits per heavy atom. The average molecular weight is 2060 g/mol. The number of aromatic hydroxyl groups is 3. The molecule has 0 radical (unpaired) electrons. The van der Waals surface area contributed by atoms with Crippen LogP contribution in [0.5, 0.6) is 34.5 Å². The molecule has 7 aromatic carbocycles. The van der Waals surface area contributed by atoms with Crippen molar-refractivity contribution < 1.29 is 48.6 Å². The number of carbonyl (C=O) groups is 2. The molecular weight excluding hydrogens is 1860 g/mol. The molecule has 16 rings (SSSR count). The molecule has 25 nitrogen and oxygen atoms in total. The summed E-state index contributed by atoms with van der Waals surface area (Å²) in [6, 6.07) is 65.2. The van der Waals surface area contributed by atoms with E-state index in [-0.39, 0.29) is 24.3 Å². The molecule has 6 N–H and O–H groups in total. The van der Waals surface area contributed by atoms with Crippen LogP contribution in [-0.4, -0.2) is 304 Å². The van der Waals surface area contributed by atoms with Crippen LogP contribution in [0.4, 0.5) is 43.7 Å². The highest BCUT2D eigenvalue weighted by atomic mass is 16.6. The zero-order valence-electron chi connectivity index (χ0n) is 96.6. The molecule has 0 bridgehead atoms. The fourth-order valence-electron chi connectivity index (χ4n) is 21.0. The van der Waals surface area contributed by atoms with E-state index in [9.17, 15) is 24.9 Å². The van der Waals surface area contributed by atoms with Gasteiger partial charge in [0.1, 0.15) is 45.7 Å². The van der Waals surface area contributed by atoms with Gasteiger partial charge in [-0.3, -0.25) is 19.6 Å².